The first-order chi connectivity index (χ1) is 17.8. The summed E-state index contributed by atoms with van der Waals surface area (Å²) in [5.41, 5.74) is 6.10. The van der Waals surface area contributed by atoms with Crippen LogP contribution in [-0.4, -0.2) is 34.4 Å². The maximum atomic E-state index is 12.4. The molecule has 1 amide bonds. The van der Waals surface area contributed by atoms with Crippen LogP contribution < -0.4 is 14.9 Å². The van der Waals surface area contributed by atoms with Crippen molar-refractivity contribution in [1.29, 1.82) is 0 Å². The van der Waals surface area contributed by atoms with Crippen molar-refractivity contribution in [2.45, 2.75) is 20.5 Å². The number of halogens is 1. The van der Waals surface area contributed by atoms with Crippen LogP contribution in [0.4, 0.5) is 0 Å². The minimum Gasteiger partial charge on any atom is -0.486 e. The lowest BCUT2D eigenvalue weighted by molar-refractivity contribution is -0.139. The van der Waals surface area contributed by atoms with E-state index in [0.29, 0.717) is 22.1 Å². The Labute approximate surface area is 217 Å². The predicted molar refractivity (Wildman–Crippen MR) is 138 cm³/mol. The Kier molecular flexibility index (Phi) is 7.95. The first-order valence-electron chi connectivity index (χ1n) is 11.2. The minimum absolute atomic E-state index is 0.0538. The van der Waals surface area contributed by atoms with E-state index in [9.17, 15) is 9.59 Å². The monoisotopic (exact) mass is 521 g/mol. The molecule has 0 atom stereocenters. The summed E-state index contributed by atoms with van der Waals surface area (Å²) < 4.78 is 18.7. The molecule has 0 aliphatic rings. The van der Waals surface area contributed by atoms with Crippen molar-refractivity contribution in [2.75, 3.05) is 6.61 Å². The van der Waals surface area contributed by atoms with Gasteiger partial charge in [0.25, 0.3) is 0 Å². The molecule has 4 aromatic rings. The number of furan rings is 1. The van der Waals surface area contributed by atoms with Gasteiger partial charge in [0.05, 0.1) is 6.21 Å². The standard InChI is InChI=1S/C27H24ClN3O6/c1-17-3-4-18(2)31(17)21-6-8-22(9-7-21)35-15-23-10-12-25(37-23)27(34)30-29-14-19-13-20(28)5-11-24(19)36-16-26(32)33/h3-14H,15-16H2,1-2H3,(H,30,34)(H,32,33)/b29-14+. The Hall–Kier alpha value is -4.50. The van der Waals surface area contributed by atoms with Crippen molar-refractivity contribution in [2.24, 2.45) is 5.10 Å². The Bertz CT molecular complexity index is 1420. The molecule has 2 aromatic carbocycles. The topological polar surface area (TPSA) is 115 Å². The smallest absolute Gasteiger partial charge is 0.341 e. The zero-order chi connectivity index (χ0) is 26.4. The lowest BCUT2D eigenvalue weighted by Crippen LogP contribution is -2.17. The molecule has 0 saturated heterocycles. The van der Waals surface area contributed by atoms with E-state index in [4.69, 9.17) is 30.6 Å². The number of rotatable bonds is 10. The number of carboxylic acids is 1. The lowest BCUT2D eigenvalue weighted by atomic mass is 10.2. The van der Waals surface area contributed by atoms with Gasteiger partial charge < -0.3 is 23.6 Å². The van der Waals surface area contributed by atoms with Crippen LogP contribution in [-0.2, 0) is 11.4 Å². The van der Waals surface area contributed by atoms with Crippen molar-refractivity contribution >= 4 is 29.7 Å². The summed E-state index contributed by atoms with van der Waals surface area (Å²) in [5, 5.41) is 13.1. The number of hydrogen-bond acceptors (Lipinski definition) is 6. The molecule has 0 fully saturated rings. The number of hydrogen-bond donors (Lipinski definition) is 2. The highest BCUT2D eigenvalue weighted by Gasteiger charge is 2.12. The molecule has 0 radical (unpaired) electrons. The number of nitrogens with zero attached hydrogens (tertiary/aromatic N) is 2. The van der Waals surface area contributed by atoms with Crippen LogP contribution >= 0.6 is 11.6 Å². The van der Waals surface area contributed by atoms with E-state index < -0.39 is 18.5 Å². The van der Waals surface area contributed by atoms with Gasteiger partial charge in [0.1, 0.15) is 23.9 Å². The molecule has 37 heavy (non-hydrogen) atoms. The van der Waals surface area contributed by atoms with Crippen LogP contribution in [0.25, 0.3) is 5.69 Å². The SMILES string of the molecule is Cc1ccc(C)n1-c1ccc(OCc2ccc(C(=O)N/N=C/c3cc(Cl)ccc3OCC(=O)O)o2)cc1. The summed E-state index contributed by atoms with van der Waals surface area (Å²) in [6, 6.07) is 19.6. The molecule has 0 aliphatic carbocycles. The average molecular weight is 522 g/mol. The number of aromatic nitrogens is 1. The van der Waals surface area contributed by atoms with Gasteiger partial charge >= 0.3 is 11.9 Å². The minimum atomic E-state index is -1.12. The number of carboxylic acid groups (broad SMARTS) is 1. The van der Waals surface area contributed by atoms with Crippen LogP contribution in [0.1, 0.15) is 33.3 Å². The molecule has 0 aliphatic heterocycles. The fraction of sp³-hybridized carbons (Fsp3) is 0.148. The fourth-order valence-corrected chi connectivity index (χ4v) is 3.79. The number of carbonyl (C=O) groups is 2. The van der Waals surface area contributed by atoms with E-state index in [1.54, 1.807) is 12.1 Å². The highest BCUT2D eigenvalue weighted by molar-refractivity contribution is 6.30. The van der Waals surface area contributed by atoms with Crippen LogP contribution in [0.5, 0.6) is 11.5 Å². The first-order valence-corrected chi connectivity index (χ1v) is 11.6. The maximum Gasteiger partial charge on any atom is 0.341 e. The van der Waals surface area contributed by atoms with E-state index in [2.05, 4.69) is 41.1 Å². The molecule has 9 nitrogen and oxygen atoms in total. The third-order valence-electron chi connectivity index (χ3n) is 5.33. The van der Waals surface area contributed by atoms with Gasteiger partial charge in [0.2, 0.25) is 0 Å². The molecule has 2 N–H and O–H groups in total. The second kappa shape index (κ2) is 11.5. The van der Waals surface area contributed by atoms with Gasteiger partial charge in [-0.05, 0) is 80.6 Å². The number of ether oxygens (including phenoxy) is 2. The van der Waals surface area contributed by atoms with Crippen molar-refractivity contribution in [3.05, 3.63) is 100 Å². The van der Waals surface area contributed by atoms with Gasteiger partial charge in [-0.25, -0.2) is 10.2 Å². The molecule has 10 heteroatoms. The number of aryl methyl sites for hydroxylation is 2. The second-order valence-corrected chi connectivity index (χ2v) is 8.50. The summed E-state index contributed by atoms with van der Waals surface area (Å²) in [6.45, 7) is 3.73. The normalized spacial score (nSPS) is 11.0. The number of nitrogens with one attached hydrogen (secondary N) is 1. The highest BCUT2D eigenvalue weighted by atomic mass is 35.5. The van der Waals surface area contributed by atoms with E-state index in [1.165, 1.54) is 24.4 Å². The molecule has 0 saturated carbocycles. The third kappa shape index (κ3) is 6.59. The van der Waals surface area contributed by atoms with Gasteiger partial charge in [0.15, 0.2) is 12.4 Å². The molecule has 2 aromatic heterocycles. The van der Waals surface area contributed by atoms with E-state index in [1.807, 2.05) is 24.3 Å². The maximum absolute atomic E-state index is 12.4. The van der Waals surface area contributed by atoms with Gasteiger partial charge in [-0.15, -0.1) is 0 Å². The molecule has 4 rings (SSSR count). The molecule has 0 bridgehead atoms. The van der Waals surface area contributed by atoms with Gasteiger partial charge in [-0.3, -0.25) is 4.79 Å². The predicted octanol–water partition coefficient (Wildman–Crippen LogP) is 5.15. The quantitative estimate of drug-likeness (QED) is 0.220. The molecule has 2 heterocycles. The van der Waals surface area contributed by atoms with Crippen LogP contribution in [0, 0.1) is 13.8 Å². The summed E-state index contributed by atoms with van der Waals surface area (Å²) >= 11 is 5.99. The number of carbonyl (C=O) groups excluding carboxylic acids is 1. The zero-order valence-corrected chi connectivity index (χ0v) is 20.9. The van der Waals surface area contributed by atoms with E-state index in [0.717, 1.165) is 17.1 Å². The Balaban J connectivity index is 1.32. The van der Waals surface area contributed by atoms with E-state index in [-0.39, 0.29) is 18.1 Å². The summed E-state index contributed by atoms with van der Waals surface area (Å²) in [7, 11) is 0. The van der Waals surface area contributed by atoms with Crippen LogP contribution in [0.15, 0.2) is 76.2 Å². The average Bonchev–Trinajstić information content (AvgIpc) is 3.48. The Morgan fingerprint density at radius 2 is 1.76 bits per heavy atom. The van der Waals surface area contributed by atoms with Crippen molar-refractivity contribution in [1.82, 2.24) is 9.99 Å². The fourth-order valence-electron chi connectivity index (χ4n) is 3.61. The van der Waals surface area contributed by atoms with Gasteiger partial charge in [-0.2, -0.15) is 5.10 Å². The number of aliphatic carboxylic acids is 1. The summed E-state index contributed by atoms with van der Waals surface area (Å²) in [6.07, 6.45) is 1.30. The molecular formula is C27H24ClN3O6. The van der Waals surface area contributed by atoms with Crippen LogP contribution in [0.3, 0.4) is 0 Å². The molecule has 190 valence electrons. The molecular weight excluding hydrogens is 498 g/mol. The highest BCUT2D eigenvalue weighted by Crippen LogP contribution is 2.22. The molecule has 0 unspecified atom stereocenters. The van der Waals surface area contributed by atoms with Crippen molar-refractivity contribution in [3.63, 3.8) is 0 Å². The third-order valence-corrected chi connectivity index (χ3v) is 5.56. The van der Waals surface area contributed by atoms with Crippen LogP contribution in [0.2, 0.25) is 5.02 Å². The largest absolute Gasteiger partial charge is 0.486 e. The Morgan fingerprint density at radius 3 is 2.46 bits per heavy atom. The summed E-state index contributed by atoms with van der Waals surface area (Å²) in [5.74, 6) is -0.246. The lowest BCUT2D eigenvalue weighted by Gasteiger charge is -2.10. The first kappa shape index (κ1) is 25.6. The number of benzene rings is 2. The van der Waals surface area contributed by atoms with Gasteiger partial charge in [0, 0.05) is 27.7 Å². The Morgan fingerprint density at radius 1 is 1.03 bits per heavy atom. The number of amides is 1. The number of hydrazone groups is 1. The summed E-state index contributed by atoms with van der Waals surface area (Å²) in [4.78, 5) is 23.2. The van der Waals surface area contributed by atoms with Crippen molar-refractivity contribution in [3.8, 4) is 17.2 Å². The van der Waals surface area contributed by atoms with Crippen molar-refractivity contribution < 1.29 is 28.6 Å². The van der Waals surface area contributed by atoms with Gasteiger partial charge in [-0.1, -0.05) is 11.6 Å². The van der Waals surface area contributed by atoms with E-state index >= 15 is 0 Å². The molecule has 0 spiro atoms. The second-order valence-electron chi connectivity index (χ2n) is 8.06. The zero-order valence-electron chi connectivity index (χ0n) is 20.1.